The van der Waals surface area contributed by atoms with Crippen molar-refractivity contribution in [1.82, 2.24) is 4.98 Å². The van der Waals surface area contributed by atoms with Crippen LogP contribution < -0.4 is 0 Å². The first kappa shape index (κ1) is 18.7. The minimum Gasteiger partial charge on any atom is -0.255 e. The zero-order valence-electron chi connectivity index (χ0n) is 14.4. The maximum Gasteiger partial charge on any atom is 0.0820 e. The molecule has 1 aromatic heterocycles. The van der Waals surface area contributed by atoms with Crippen molar-refractivity contribution in [1.29, 1.82) is 0 Å². The predicted molar refractivity (Wildman–Crippen MR) is 117 cm³/mol. The number of aromatic nitrogens is 1. The van der Waals surface area contributed by atoms with Crippen molar-refractivity contribution in [2.75, 3.05) is 0 Å². The average Bonchev–Trinajstić information content (AvgIpc) is 2.61. The van der Waals surface area contributed by atoms with Crippen LogP contribution in [0.2, 0.25) is 0 Å². The third-order valence-electron chi connectivity index (χ3n) is 3.75. The fraction of sp³-hybridized carbons (Fsp3) is 0.0952. The molecule has 26 heavy (non-hydrogen) atoms. The van der Waals surface area contributed by atoms with Gasteiger partial charge in [0.15, 0.2) is 0 Å². The molecule has 0 aliphatic carbocycles. The molecule has 5 heteroatoms. The molecule has 0 fully saturated rings. The zero-order chi connectivity index (χ0) is 18.5. The Kier molecular flexibility index (Phi) is 6.12. The molecular formula is C21H17Br2N3. The van der Waals surface area contributed by atoms with E-state index in [2.05, 4.69) is 72.8 Å². The van der Waals surface area contributed by atoms with Gasteiger partial charge in [0.1, 0.15) is 0 Å². The lowest BCUT2D eigenvalue weighted by Crippen LogP contribution is -1.93. The van der Waals surface area contributed by atoms with E-state index < -0.39 is 0 Å². The maximum atomic E-state index is 4.63. The Labute approximate surface area is 170 Å². The quantitative estimate of drug-likeness (QED) is 0.389. The third-order valence-corrected chi connectivity index (χ3v) is 4.73. The zero-order valence-corrected chi connectivity index (χ0v) is 17.6. The van der Waals surface area contributed by atoms with Gasteiger partial charge in [-0.1, -0.05) is 37.9 Å². The lowest BCUT2D eigenvalue weighted by Gasteiger charge is -2.05. The first-order valence-electron chi connectivity index (χ1n) is 8.09. The first-order chi connectivity index (χ1) is 12.5. The molecule has 0 spiro atoms. The Morgan fingerprint density at radius 3 is 1.96 bits per heavy atom. The Morgan fingerprint density at radius 2 is 1.35 bits per heavy atom. The summed E-state index contributed by atoms with van der Waals surface area (Å²) in [6, 6.07) is 17.8. The molecule has 0 saturated carbocycles. The van der Waals surface area contributed by atoms with Crippen molar-refractivity contribution >= 4 is 55.7 Å². The molecule has 1 heterocycles. The van der Waals surface area contributed by atoms with Gasteiger partial charge in [-0.3, -0.25) is 9.98 Å². The summed E-state index contributed by atoms with van der Waals surface area (Å²) >= 11 is 6.93. The van der Waals surface area contributed by atoms with E-state index in [0.717, 1.165) is 42.8 Å². The van der Waals surface area contributed by atoms with Crippen molar-refractivity contribution in [3.8, 4) is 0 Å². The lowest BCUT2D eigenvalue weighted by molar-refractivity contribution is 1.26. The van der Waals surface area contributed by atoms with Gasteiger partial charge in [0.05, 0.1) is 35.2 Å². The Hall–Kier alpha value is -2.11. The van der Waals surface area contributed by atoms with Crippen LogP contribution in [0.25, 0.3) is 0 Å². The average molecular weight is 471 g/mol. The summed E-state index contributed by atoms with van der Waals surface area (Å²) in [5.74, 6) is 0. The van der Waals surface area contributed by atoms with Crippen molar-refractivity contribution in [3.05, 3.63) is 86.1 Å². The normalized spacial score (nSPS) is 11.5. The second-order valence-corrected chi connectivity index (χ2v) is 7.70. The number of benzene rings is 2. The van der Waals surface area contributed by atoms with E-state index in [1.165, 1.54) is 0 Å². The second-order valence-electron chi connectivity index (χ2n) is 5.87. The number of nitrogens with zero attached hydrogens (tertiary/aromatic N) is 3. The summed E-state index contributed by atoms with van der Waals surface area (Å²) in [6.45, 7) is 4.11. The number of aliphatic imine (C=N–C) groups is 2. The molecule has 0 bridgehead atoms. The summed E-state index contributed by atoms with van der Waals surface area (Å²) in [5.41, 5.74) is 5.70. The molecule has 2 aromatic carbocycles. The van der Waals surface area contributed by atoms with E-state index in [9.17, 15) is 0 Å². The number of rotatable bonds is 4. The molecule has 3 aromatic rings. The first-order valence-corrected chi connectivity index (χ1v) is 9.67. The molecular weight excluding hydrogens is 454 g/mol. The maximum absolute atomic E-state index is 4.63. The van der Waals surface area contributed by atoms with Gasteiger partial charge in [-0.15, -0.1) is 0 Å². The van der Waals surface area contributed by atoms with Crippen LogP contribution in [0.1, 0.15) is 22.5 Å². The Bertz CT molecular complexity index is 954. The van der Waals surface area contributed by atoms with Crippen molar-refractivity contribution in [2.24, 2.45) is 9.98 Å². The summed E-state index contributed by atoms with van der Waals surface area (Å²) in [7, 11) is 0. The van der Waals surface area contributed by atoms with Crippen LogP contribution in [0.15, 0.2) is 73.5 Å². The van der Waals surface area contributed by atoms with Gasteiger partial charge in [-0.05, 0) is 73.5 Å². The number of hydrogen-bond acceptors (Lipinski definition) is 3. The van der Waals surface area contributed by atoms with Gasteiger partial charge < -0.3 is 0 Å². The second kappa shape index (κ2) is 8.52. The minimum absolute atomic E-state index is 0.793. The van der Waals surface area contributed by atoms with E-state index in [1.54, 1.807) is 12.4 Å². The highest BCUT2D eigenvalue weighted by Crippen LogP contribution is 2.27. The van der Waals surface area contributed by atoms with E-state index >= 15 is 0 Å². The molecule has 0 atom stereocenters. The summed E-state index contributed by atoms with van der Waals surface area (Å²) in [6.07, 6.45) is 3.55. The smallest absolute Gasteiger partial charge is 0.0820 e. The van der Waals surface area contributed by atoms with E-state index in [4.69, 9.17) is 0 Å². The van der Waals surface area contributed by atoms with Gasteiger partial charge in [0, 0.05) is 8.95 Å². The van der Waals surface area contributed by atoms with Gasteiger partial charge in [-0.2, -0.15) is 0 Å². The molecule has 0 amide bonds. The van der Waals surface area contributed by atoms with Gasteiger partial charge in [0.2, 0.25) is 0 Å². The number of hydrogen-bond donors (Lipinski definition) is 0. The van der Waals surface area contributed by atoms with Crippen LogP contribution in [0, 0.1) is 13.8 Å². The molecule has 0 unspecified atom stereocenters. The highest BCUT2D eigenvalue weighted by Gasteiger charge is 2.02. The minimum atomic E-state index is 0.793. The highest BCUT2D eigenvalue weighted by molar-refractivity contribution is 9.10. The molecule has 130 valence electrons. The summed E-state index contributed by atoms with van der Waals surface area (Å²) in [5, 5.41) is 0. The van der Waals surface area contributed by atoms with Crippen LogP contribution in [-0.4, -0.2) is 17.4 Å². The van der Waals surface area contributed by atoms with Crippen molar-refractivity contribution in [2.45, 2.75) is 13.8 Å². The summed E-state index contributed by atoms with van der Waals surface area (Å²) < 4.78 is 2.10. The van der Waals surface area contributed by atoms with Crippen molar-refractivity contribution in [3.63, 3.8) is 0 Å². The van der Waals surface area contributed by atoms with Crippen LogP contribution in [0.5, 0.6) is 0 Å². The number of aryl methyl sites for hydroxylation is 2. The van der Waals surface area contributed by atoms with E-state index in [0.29, 0.717) is 0 Å². The molecule has 0 saturated heterocycles. The van der Waals surface area contributed by atoms with Crippen LogP contribution in [-0.2, 0) is 0 Å². The molecule has 0 N–H and O–H groups in total. The SMILES string of the molecule is Cc1cc(Br)cc(C)c1N=Cc1cccc(C=Nc2ccc(Br)cc2)n1. The fourth-order valence-corrected chi connectivity index (χ4v) is 3.47. The van der Waals surface area contributed by atoms with E-state index in [1.807, 2.05) is 42.5 Å². The Balaban J connectivity index is 1.80. The molecule has 3 nitrogen and oxygen atoms in total. The number of halogens is 2. The molecule has 0 aliphatic rings. The van der Waals surface area contributed by atoms with Gasteiger partial charge >= 0.3 is 0 Å². The third kappa shape index (κ3) is 4.96. The predicted octanol–water partition coefficient (Wildman–Crippen LogP) is 6.72. The van der Waals surface area contributed by atoms with Crippen LogP contribution in [0.4, 0.5) is 11.4 Å². The Morgan fingerprint density at radius 1 is 0.769 bits per heavy atom. The monoisotopic (exact) mass is 469 g/mol. The standard InChI is InChI=1S/C21H17Br2N3/c1-14-10-17(23)11-15(2)21(14)25-13-20-5-3-4-19(26-20)12-24-18-8-6-16(22)7-9-18/h3-13H,1-2H3. The van der Waals surface area contributed by atoms with Crippen LogP contribution in [0.3, 0.4) is 0 Å². The molecule has 0 radical (unpaired) electrons. The highest BCUT2D eigenvalue weighted by atomic mass is 79.9. The van der Waals surface area contributed by atoms with E-state index in [-0.39, 0.29) is 0 Å². The number of pyridine rings is 1. The molecule has 0 aliphatic heterocycles. The summed E-state index contributed by atoms with van der Waals surface area (Å²) in [4.78, 5) is 13.7. The molecule has 3 rings (SSSR count). The van der Waals surface area contributed by atoms with Gasteiger partial charge in [-0.25, -0.2) is 4.98 Å². The topological polar surface area (TPSA) is 37.6 Å². The van der Waals surface area contributed by atoms with Crippen LogP contribution >= 0.6 is 31.9 Å². The van der Waals surface area contributed by atoms with Crippen molar-refractivity contribution < 1.29 is 0 Å². The van der Waals surface area contributed by atoms with Gasteiger partial charge in [0.25, 0.3) is 0 Å². The fourth-order valence-electron chi connectivity index (χ4n) is 2.52. The lowest BCUT2D eigenvalue weighted by atomic mass is 10.1. The largest absolute Gasteiger partial charge is 0.255 e.